The van der Waals surface area contributed by atoms with Crippen molar-refractivity contribution in [2.75, 3.05) is 0 Å². The average molecular weight is 202 g/mol. The Morgan fingerprint density at radius 1 is 1.27 bits per heavy atom. The normalized spacial score (nSPS) is 10.5. The Morgan fingerprint density at radius 3 is 2.53 bits per heavy atom. The van der Waals surface area contributed by atoms with Crippen molar-refractivity contribution in [1.29, 1.82) is 0 Å². The van der Waals surface area contributed by atoms with Crippen LogP contribution in [-0.4, -0.2) is 9.78 Å². The summed E-state index contributed by atoms with van der Waals surface area (Å²) in [4.78, 5) is 11.2. The molecule has 3 nitrogen and oxygen atoms in total. The van der Waals surface area contributed by atoms with Crippen LogP contribution in [0.2, 0.25) is 0 Å². The molecule has 3 heteroatoms. The van der Waals surface area contributed by atoms with Gasteiger partial charge in [0, 0.05) is 11.8 Å². The fraction of sp³-hybridized carbons (Fsp3) is 0.250. The molecule has 0 atom stereocenters. The van der Waals surface area contributed by atoms with Gasteiger partial charge in [0.25, 0.3) is 5.56 Å². The molecular formula is C12H14N2O. The van der Waals surface area contributed by atoms with Crippen LogP contribution in [0.1, 0.15) is 18.2 Å². The highest BCUT2D eigenvalue weighted by atomic mass is 16.1. The van der Waals surface area contributed by atoms with Crippen molar-refractivity contribution < 1.29 is 0 Å². The van der Waals surface area contributed by atoms with E-state index in [1.165, 1.54) is 5.56 Å². The SMILES string of the molecule is CCc1cc(=O)[nH]n1-c1ccc(C)cc1. The van der Waals surface area contributed by atoms with Crippen LogP contribution in [-0.2, 0) is 6.42 Å². The zero-order valence-corrected chi connectivity index (χ0v) is 8.95. The predicted molar refractivity (Wildman–Crippen MR) is 60.5 cm³/mol. The zero-order valence-electron chi connectivity index (χ0n) is 8.95. The van der Waals surface area contributed by atoms with Gasteiger partial charge in [0.05, 0.1) is 5.69 Å². The topological polar surface area (TPSA) is 37.8 Å². The van der Waals surface area contributed by atoms with Gasteiger partial charge in [-0.1, -0.05) is 24.6 Å². The van der Waals surface area contributed by atoms with Gasteiger partial charge >= 0.3 is 0 Å². The van der Waals surface area contributed by atoms with E-state index in [1.807, 2.05) is 42.8 Å². The molecule has 0 saturated carbocycles. The van der Waals surface area contributed by atoms with E-state index in [4.69, 9.17) is 0 Å². The van der Waals surface area contributed by atoms with Gasteiger partial charge in [-0.25, -0.2) is 0 Å². The Bertz CT molecular complexity index is 505. The van der Waals surface area contributed by atoms with E-state index in [1.54, 1.807) is 6.07 Å². The van der Waals surface area contributed by atoms with E-state index in [9.17, 15) is 4.79 Å². The number of hydrogen-bond acceptors (Lipinski definition) is 1. The minimum absolute atomic E-state index is 0.0487. The number of nitrogens with zero attached hydrogens (tertiary/aromatic N) is 1. The third-order valence-corrected chi connectivity index (χ3v) is 2.46. The lowest BCUT2D eigenvalue weighted by molar-refractivity contribution is 0.805. The van der Waals surface area contributed by atoms with Crippen LogP contribution in [0.4, 0.5) is 0 Å². The molecule has 2 rings (SSSR count). The van der Waals surface area contributed by atoms with Crippen molar-refractivity contribution in [1.82, 2.24) is 9.78 Å². The summed E-state index contributed by atoms with van der Waals surface area (Å²) in [6.07, 6.45) is 0.840. The van der Waals surface area contributed by atoms with Crippen molar-refractivity contribution in [2.45, 2.75) is 20.3 Å². The molecule has 0 aliphatic carbocycles. The van der Waals surface area contributed by atoms with Crippen molar-refractivity contribution in [3.63, 3.8) is 0 Å². The highest BCUT2D eigenvalue weighted by molar-refractivity contribution is 5.35. The fourth-order valence-corrected chi connectivity index (χ4v) is 1.61. The summed E-state index contributed by atoms with van der Waals surface area (Å²) in [6, 6.07) is 9.72. The summed E-state index contributed by atoms with van der Waals surface area (Å²) in [5.74, 6) is 0. The van der Waals surface area contributed by atoms with E-state index >= 15 is 0 Å². The lowest BCUT2D eigenvalue weighted by atomic mass is 10.2. The van der Waals surface area contributed by atoms with E-state index in [2.05, 4.69) is 5.10 Å². The average Bonchev–Trinajstić information content (AvgIpc) is 2.61. The largest absolute Gasteiger partial charge is 0.268 e. The molecule has 0 aliphatic heterocycles. The second-order valence-corrected chi connectivity index (χ2v) is 3.64. The summed E-state index contributed by atoms with van der Waals surface area (Å²) >= 11 is 0. The molecule has 0 radical (unpaired) electrons. The van der Waals surface area contributed by atoms with Gasteiger partial charge in [0.15, 0.2) is 0 Å². The van der Waals surface area contributed by atoms with Crippen molar-refractivity contribution in [2.24, 2.45) is 0 Å². The standard InChI is InChI=1S/C12H14N2O/c1-3-10-8-12(15)13-14(10)11-6-4-9(2)5-7-11/h4-8H,3H2,1-2H3,(H,13,15). The van der Waals surface area contributed by atoms with Gasteiger partial charge in [-0.15, -0.1) is 0 Å². The highest BCUT2D eigenvalue weighted by Gasteiger charge is 2.03. The third-order valence-electron chi connectivity index (χ3n) is 2.46. The van der Waals surface area contributed by atoms with Crippen LogP contribution in [0.15, 0.2) is 35.1 Å². The lowest BCUT2D eigenvalue weighted by Crippen LogP contribution is -2.04. The zero-order chi connectivity index (χ0) is 10.8. The lowest BCUT2D eigenvalue weighted by Gasteiger charge is -2.06. The Balaban J connectivity index is 2.53. The first-order valence-electron chi connectivity index (χ1n) is 5.08. The molecule has 0 fully saturated rings. The highest BCUT2D eigenvalue weighted by Crippen LogP contribution is 2.10. The smallest absolute Gasteiger partial charge is 0.264 e. The molecule has 1 N–H and O–H groups in total. The van der Waals surface area contributed by atoms with E-state index in [-0.39, 0.29) is 5.56 Å². The monoisotopic (exact) mass is 202 g/mol. The number of H-pyrrole nitrogens is 1. The van der Waals surface area contributed by atoms with Crippen molar-refractivity contribution in [3.05, 3.63) is 51.9 Å². The van der Waals surface area contributed by atoms with Crippen molar-refractivity contribution >= 4 is 0 Å². The molecule has 78 valence electrons. The second-order valence-electron chi connectivity index (χ2n) is 3.64. The molecule has 0 unspecified atom stereocenters. The van der Waals surface area contributed by atoms with Crippen LogP contribution in [0, 0.1) is 6.92 Å². The van der Waals surface area contributed by atoms with Gasteiger partial charge in [-0.05, 0) is 25.5 Å². The van der Waals surface area contributed by atoms with Crippen molar-refractivity contribution in [3.8, 4) is 5.69 Å². The Labute approximate surface area is 88.4 Å². The Hall–Kier alpha value is -1.77. The first-order chi connectivity index (χ1) is 7.20. The van der Waals surface area contributed by atoms with Gasteiger partial charge in [-0.3, -0.25) is 14.6 Å². The van der Waals surface area contributed by atoms with Gasteiger partial charge in [0.1, 0.15) is 0 Å². The van der Waals surface area contributed by atoms with Crippen LogP contribution >= 0.6 is 0 Å². The summed E-state index contributed by atoms with van der Waals surface area (Å²) in [7, 11) is 0. The maximum atomic E-state index is 11.2. The molecule has 1 heterocycles. The number of aromatic nitrogens is 2. The van der Waals surface area contributed by atoms with Gasteiger partial charge < -0.3 is 0 Å². The molecule has 0 saturated heterocycles. The number of hydrogen-bond donors (Lipinski definition) is 1. The molecule has 0 spiro atoms. The Morgan fingerprint density at radius 2 is 1.93 bits per heavy atom. The molecular weight excluding hydrogens is 188 g/mol. The fourth-order valence-electron chi connectivity index (χ4n) is 1.61. The molecule has 15 heavy (non-hydrogen) atoms. The number of aromatic amines is 1. The van der Waals surface area contributed by atoms with Gasteiger partial charge in [0.2, 0.25) is 0 Å². The summed E-state index contributed by atoms with van der Waals surface area (Å²) in [5, 5.41) is 2.79. The number of aryl methyl sites for hydroxylation is 2. The van der Waals surface area contributed by atoms with Crippen LogP contribution in [0.3, 0.4) is 0 Å². The predicted octanol–water partition coefficient (Wildman–Crippen LogP) is 2.04. The molecule has 0 bridgehead atoms. The van der Waals surface area contributed by atoms with Crippen LogP contribution < -0.4 is 5.56 Å². The molecule has 2 aromatic rings. The van der Waals surface area contributed by atoms with Crippen LogP contribution in [0.25, 0.3) is 5.69 Å². The summed E-state index contributed by atoms with van der Waals surface area (Å²) in [6.45, 7) is 4.08. The second kappa shape index (κ2) is 3.77. The summed E-state index contributed by atoms with van der Waals surface area (Å²) < 4.78 is 1.84. The van der Waals surface area contributed by atoms with E-state index in [0.717, 1.165) is 17.8 Å². The molecule has 0 aliphatic rings. The molecule has 1 aromatic carbocycles. The summed E-state index contributed by atoms with van der Waals surface area (Å²) in [5.41, 5.74) is 3.17. The molecule has 1 aromatic heterocycles. The maximum absolute atomic E-state index is 11.2. The quantitative estimate of drug-likeness (QED) is 0.795. The third kappa shape index (κ3) is 1.86. The van der Waals surface area contributed by atoms with E-state index < -0.39 is 0 Å². The first-order valence-corrected chi connectivity index (χ1v) is 5.08. The minimum atomic E-state index is -0.0487. The number of benzene rings is 1. The number of nitrogens with one attached hydrogen (secondary N) is 1. The minimum Gasteiger partial charge on any atom is -0.268 e. The molecule has 0 amide bonds. The maximum Gasteiger partial charge on any atom is 0.264 e. The first kappa shape index (κ1) is 9.77. The Kier molecular flexibility index (Phi) is 2.46. The number of rotatable bonds is 2. The van der Waals surface area contributed by atoms with Gasteiger partial charge in [-0.2, -0.15) is 0 Å². The van der Waals surface area contributed by atoms with E-state index in [0.29, 0.717) is 0 Å². The van der Waals surface area contributed by atoms with Crippen LogP contribution in [0.5, 0.6) is 0 Å².